The van der Waals surface area contributed by atoms with Crippen molar-refractivity contribution < 1.29 is 33.0 Å². The Labute approximate surface area is 157 Å². The molecule has 1 aliphatic rings. The predicted octanol–water partition coefficient (Wildman–Crippen LogP) is 3.61. The van der Waals surface area contributed by atoms with E-state index in [0.29, 0.717) is 5.56 Å². The molecule has 0 spiro atoms. The van der Waals surface area contributed by atoms with Crippen LogP contribution in [0.15, 0.2) is 60.7 Å². The Hall–Kier alpha value is -2.02. The molecule has 2 aromatic rings. The van der Waals surface area contributed by atoms with Crippen molar-refractivity contribution in [3.63, 3.8) is 0 Å². The monoisotopic (exact) mass is 392 g/mol. The van der Waals surface area contributed by atoms with Gasteiger partial charge in [-0.1, -0.05) is 60.7 Å². The van der Waals surface area contributed by atoms with Gasteiger partial charge in [-0.3, -0.25) is 4.57 Å². The van der Waals surface area contributed by atoms with Gasteiger partial charge < -0.3 is 23.6 Å². The van der Waals surface area contributed by atoms with Gasteiger partial charge in [0.05, 0.1) is 13.2 Å². The molecule has 0 bridgehead atoms. The van der Waals surface area contributed by atoms with E-state index in [-0.39, 0.29) is 13.2 Å². The summed E-state index contributed by atoms with van der Waals surface area (Å²) in [6.07, 6.45) is -2.94. The number of aliphatic carboxylic acids is 1. The zero-order valence-electron chi connectivity index (χ0n) is 14.8. The SMILES string of the molecule is CP(=O)(OCc1ccccc1)OCC1OC(c2ccccc2)OC1C(=O)O. The van der Waals surface area contributed by atoms with Gasteiger partial charge in [0.2, 0.25) is 0 Å². The van der Waals surface area contributed by atoms with E-state index in [4.69, 9.17) is 18.5 Å². The summed E-state index contributed by atoms with van der Waals surface area (Å²) in [5.41, 5.74) is 1.56. The van der Waals surface area contributed by atoms with Gasteiger partial charge >= 0.3 is 13.6 Å². The maximum Gasteiger partial charge on any atom is 0.335 e. The zero-order valence-corrected chi connectivity index (χ0v) is 15.7. The summed E-state index contributed by atoms with van der Waals surface area (Å²) in [7, 11) is -3.39. The van der Waals surface area contributed by atoms with Crippen LogP contribution in [-0.4, -0.2) is 36.6 Å². The first kappa shape index (κ1) is 19.7. The van der Waals surface area contributed by atoms with E-state index in [1.807, 2.05) is 36.4 Å². The fourth-order valence-corrected chi connectivity index (χ4v) is 3.48. The van der Waals surface area contributed by atoms with Crippen LogP contribution in [0.3, 0.4) is 0 Å². The van der Waals surface area contributed by atoms with E-state index in [9.17, 15) is 14.5 Å². The third kappa shape index (κ3) is 5.48. The Morgan fingerprint density at radius 1 is 1.04 bits per heavy atom. The molecule has 0 radical (unpaired) electrons. The van der Waals surface area contributed by atoms with Crippen LogP contribution in [0.25, 0.3) is 0 Å². The van der Waals surface area contributed by atoms with Gasteiger partial charge in [-0.05, 0) is 5.56 Å². The molecule has 3 rings (SSSR count). The Morgan fingerprint density at radius 2 is 1.67 bits per heavy atom. The molecule has 2 aromatic carbocycles. The minimum atomic E-state index is -3.39. The first-order chi connectivity index (χ1) is 12.9. The van der Waals surface area contributed by atoms with Crippen molar-refractivity contribution in [2.75, 3.05) is 13.3 Å². The Bertz CT molecular complexity index is 796. The lowest BCUT2D eigenvalue weighted by atomic mass is 10.2. The summed E-state index contributed by atoms with van der Waals surface area (Å²) < 4.78 is 34.4. The number of carbonyl (C=O) groups is 1. The minimum Gasteiger partial charge on any atom is -0.479 e. The van der Waals surface area contributed by atoms with Crippen molar-refractivity contribution in [1.29, 1.82) is 0 Å². The molecule has 0 aromatic heterocycles. The van der Waals surface area contributed by atoms with Crippen molar-refractivity contribution in [2.24, 2.45) is 0 Å². The number of carboxylic acids is 1. The average Bonchev–Trinajstić information content (AvgIpc) is 3.11. The molecule has 1 saturated heterocycles. The molecule has 27 heavy (non-hydrogen) atoms. The van der Waals surface area contributed by atoms with Crippen molar-refractivity contribution in [3.8, 4) is 0 Å². The predicted molar refractivity (Wildman–Crippen MR) is 97.3 cm³/mol. The second-order valence-corrected chi connectivity index (χ2v) is 8.20. The van der Waals surface area contributed by atoms with E-state index >= 15 is 0 Å². The quantitative estimate of drug-likeness (QED) is 0.686. The molecule has 0 amide bonds. The summed E-state index contributed by atoms with van der Waals surface area (Å²) in [5, 5.41) is 9.37. The van der Waals surface area contributed by atoms with Gasteiger partial charge in [0.25, 0.3) is 0 Å². The number of hydrogen-bond donors (Lipinski definition) is 1. The molecule has 4 atom stereocenters. The summed E-state index contributed by atoms with van der Waals surface area (Å²) in [6.45, 7) is 1.25. The Kier molecular flexibility index (Phi) is 6.42. The molecule has 8 heteroatoms. The fraction of sp³-hybridized carbons (Fsp3) is 0.316. The molecule has 0 aliphatic carbocycles. The molecule has 1 aliphatic heterocycles. The minimum absolute atomic E-state index is 0.131. The molecule has 1 N–H and O–H groups in total. The van der Waals surface area contributed by atoms with E-state index in [0.717, 1.165) is 5.56 Å². The third-order valence-corrected chi connectivity index (χ3v) is 5.22. The van der Waals surface area contributed by atoms with Crippen LogP contribution in [0.1, 0.15) is 17.4 Å². The van der Waals surface area contributed by atoms with Crippen molar-refractivity contribution in [2.45, 2.75) is 25.1 Å². The molecule has 7 nitrogen and oxygen atoms in total. The first-order valence-electron chi connectivity index (χ1n) is 8.44. The smallest absolute Gasteiger partial charge is 0.335 e. The number of carboxylic acid groups (broad SMARTS) is 1. The van der Waals surface area contributed by atoms with Gasteiger partial charge in [0.1, 0.15) is 6.10 Å². The Balaban J connectivity index is 1.58. The van der Waals surface area contributed by atoms with Crippen LogP contribution >= 0.6 is 7.60 Å². The lowest BCUT2D eigenvalue weighted by molar-refractivity contribution is -0.151. The highest BCUT2D eigenvalue weighted by Crippen LogP contribution is 2.45. The fourth-order valence-electron chi connectivity index (χ4n) is 2.61. The van der Waals surface area contributed by atoms with Gasteiger partial charge in [-0.25, -0.2) is 4.79 Å². The number of hydrogen-bond acceptors (Lipinski definition) is 6. The summed E-state index contributed by atoms with van der Waals surface area (Å²) >= 11 is 0. The summed E-state index contributed by atoms with van der Waals surface area (Å²) in [6, 6.07) is 18.3. The van der Waals surface area contributed by atoms with Crippen LogP contribution in [0, 0.1) is 0 Å². The average molecular weight is 392 g/mol. The normalized spacial score (nSPS) is 24.4. The van der Waals surface area contributed by atoms with Gasteiger partial charge in [-0.15, -0.1) is 0 Å². The highest BCUT2D eigenvalue weighted by molar-refractivity contribution is 7.52. The summed E-state index contributed by atoms with van der Waals surface area (Å²) in [4.78, 5) is 11.5. The number of ether oxygens (including phenoxy) is 2. The second kappa shape index (κ2) is 8.78. The van der Waals surface area contributed by atoms with Crippen LogP contribution in [0.2, 0.25) is 0 Å². The molecule has 0 saturated carbocycles. The van der Waals surface area contributed by atoms with Crippen LogP contribution in [0.4, 0.5) is 0 Å². The molecule has 1 heterocycles. The van der Waals surface area contributed by atoms with Crippen LogP contribution < -0.4 is 0 Å². The van der Waals surface area contributed by atoms with Gasteiger partial charge in [0, 0.05) is 12.2 Å². The highest BCUT2D eigenvalue weighted by atomic mass is 31.2. The van der Waals surface area contributed by atoms with Crippen LogP contribution in [-0.2, 0) is 34.5 Å². The molecule has 144 valence electrons. The third-order valence-electron chi connectivity index (χ3n) is 4.00. The lowest BCUT2D eigenvalue weighted by Gasteiger charge is -2.18. The van der Waals surface area contributed by atoms with Crippen molar-refractivity contribution in [1.82, 2.24) is 0 Å². The zero-order chi connectivity index (χ0) is 19.3. The second-order valence-electron chi connectivity index (χ2n) is 6.14. The number of rotatable bonds is 8. The van der Waals surface area contributed by atoms with E-state index < -0.39 is 32.1 Å². The van der Waals surface area contributed by atoms with E-state index in [1.54, 1.807) is 24.3 Å². The maximum absolute atomic E-state index is 12.5. The highest BCUT2D eigenvalue weighted by Gasteiger charge is 2.42. The van der Waals surface area contributed by atoms with E-state index in [1.165, 1.54) is 6.66 Å². The first-order valence-corrected chi connectivity index (χ1v) is 10.4. The van der Waals surface area contributed by atoms with Crippen LogP contribution in [0.5, 0.6) is 0 Å². The topological polar surface area (TPSA) is 91.3 Å². The molecule has 4 unspecified atom stereocenters. The molecular formula is C19H21O7P. The lowest BCUT2D eigenvalue weighted by Crippen LogP contribution is -2.34. The Morgan fingerprint density at radius 3 is 2.30 bits per heavy atom. The molecule has 1 fully saturated rings. The van der Waals surface area contributed by atoms with E-state index in [2.05, 4.69) is 0 Å². The number of benzene rings is 2. The molecular weight excluding hydrogens is 371 g/mol. The van der Waals surface area contributed by atoms with Crippen molar-refractivity contribution in [3.05, 3.63) is 71.8 Å². The van der Waals surface area contributed by atoms with Gasteiger partial charge in [0.15, 0.2) is 12.4 Å². The van der Waals surface area contributed by atoms with Gasteiger partial charge in [-0.2, -0.15) is 0 Å². The standard InChI is InChI=1S/C19H21O7P/c1-27(22,23-12-14-8-4-2-5-9-14)24-13-16-17(18(20)21)26-19(25-16)15-10-6-3-7-11-15/h2-11,16-17,19H,12-13H2,1H3,(H,20,21). The largest absolute Gasteiger partial charge is 0.479 e. The summed E-state index contributed by atoms with van der Waals surface area (Å²) in [5.74, 6) is -1.17. The maximum atomic E-state index is 12.5. The van der Waals surface area contributed by atoms with Crippen molar-refractivity contribution >= 4 is 13.6 Å².